The molecule has 1 aromatic heterocycles. The van der Waals surface area contributed by atoms with E-state index in [1.165, 1.54) is 0 Å². The molecule has 3 atom stereocenters. The molecule has 6 nitrogen and oxygen atoms in total. The van der Waals surface area contributed by atoms with E-state index in [-0.39, 0.29) is 11.2 Å². The number of rotatable bonds is 6. The zero-order chi connectivity index (χ0) is 13.7. The van der Waals surface area contributed by atoms with Crippen LogP contribution in [0.25, 0.3) is 0 Å². The van der Waals surface area contributed by atoms with Crippen LogP contribution in [0.1, 0.15) is 24.9 Å². The van der Waals surface area contributed by atoms with Gasteiger partial charge in [-0.05, 0) is 6.42 Å². The van der Waals surface area contributed by atoms with E-state index < -0.39 is 16.8 Å². The Balaban J connectivity index is 2.39. The lowest BCUT2D eigenvalue weighted by Crippen LogP contribution is -2.35. The molecule has 1 heterocycles. The Hall–Kier alpha value is -1.21. The summed E-state index contributed by atoms with van der Waals surface area (Å²) in [5.41, 5.74) is 6.49. The summed E-state index contributed by atoms with van der Waals surface area (Å²) in [6, 6.07) is -0.707. The standard InChI is InChI=1S/C11H20N4O2S/c1-8(18(3)17)4-5-13-11(16)10(12)9-6-14-15(2)7-9/h6-8,10H,4-5,12H2,1-3H3,(H,13,16). The number of carbonyl (C=O) groups is 1. The van der Waals surface area contributed by atoms with Gasteiger partial charge in [-0.2, -0.15) is 5.10 Å². The molecule has 0 fully saturated rings. The Labute approximate surface area is 109 Å². The number of nitrogens with zero attached hydrogens (tertiary/aromatic N) is 2. The molecule has 102 valence electrons. The number of aryl methyl sites for hydroxylation is 1. The smallest absolute Gasteiger partial charge is 0.241 e. The third-order valence-electron chi connectivity index (χ3n) is 2.78. The lowest BCUT2D eigenvalue weighted by molar-refractivity contribution is -0.122. The van der Waals surface area contributed by atoms with E-state index in [9.17, 15) is 9.00 Å². The van der Waals surface area contributed by atoms with Gasteiger partial charge in [0.2, 0.25) is 5.91 Å². The fourth-order valence-corrected chi connectivity index (χ4v) is 1.88. The third kappa shape index (κ3) is 4.23. The number of hydrogen-bond acceptors (Lipinski definition) is 4. The van der Waals surface area contributed by atoms with Gasteiger partial charge in [-0.25, -0.2) is 0 Å². The topological polar surface area (TPSA) is 90.0 Å². The van der Waals surface area contributed by atoms with Crippen molar-refractivity contribution in [2.24, 2.45) is 12.8 Å². The molecule has 0 aliphatic rings. The minimum Gasteiger partial charge on any atom is -0.354 e. The van der Waals surface area contributed by atoms with Crippen molar-refractivity contribution in [1.29, 1.82) is 0 Å². The Morgan fingerprint density at radius 3 is 2.83 bits per heavy atom. The van der Waals surface area contributed by atoms with Crippen molar-refractivity contribution >= 4 is 16.7 Å². The molecule has 0 saturated carbocycles. The van der Waals surface area contributed by atoms with E-state index in [1.807, 2.05) is 6.92 Å². The summed E-state index contributed by atoms with van der Waals surface area (Å²) in [4.78, 5) is 11.8. The minimum atomic E-state index is -0.864. The van der Waals surface area contributed by atoms with Gasteiger partial charge in [-0.3, -0.25) is 13.7 Å². The van der Waals surface area contributed by atoms with Gasteiger partial charge in [0.15, 0.2) is 0 Å². The van der Waals surface area contributed by atoms with E-state index in [0.29, 0.717) is 18.5 Å². The van der Waals surface area contributed by atoms with Crippen LogP contribution in [-0.4, -0.2) is 37.9 Å². The van der Waals surface area contributed by atoms with Crippen LogP contribution < -0.4 is 11.1 Å². The summed E-state index contributed by atoms with van der Waals surface area (Å²) in [6.07, 6.45) is 5.63. The molecule has 1 rings (SSSR count). The highest BCUT2D eigenvalue weighted by molar-refractivity contribution is 7.84. The van der Waals surface area contributed by atoms with Crippen molar-refractivity contribution in [1.82, 2.24) is 15.1 Å². The number of amides is 1. The number of carbonyl (C=O) groups excluding carboxylic acids is 1. The second-order valence-electron chi connectivity index (χ2n) is 4.31. The fraction of sp³-hybridized carbons (Fsp3) is 0.636. The summed E-state index contributed by atoms with van der Waals surface area (Å²) < 4.78 is 12.7. The molecular weight excluding hydrogens is 252 g/mol. The zero-order valence-corrected chi connectivity index (χ0v) is 11.7. The highest BCUT2D eigenvalue weighted by atomic mass is 32.2. The highest BCUT2D eigenvalue weighted by Gasteiger charge is 2.17. The van der Waals surface area contributed by atoms with Gasteiger partial charge in [0, 0.05) is 47.7 Å². The van der Waals surface area contributed by atoms with Gasteiger partial charge in [0.05, 0.1) is 6.20 Å². The number of hydrogen-bond donors (Lipinski definition) is 2. The highest BCUT2D eigenvalue weighted by Crippen LogP contribution is 2.08. The van der Waals surface area contributed by atoms with Crippen LogP contribution in [0.15, 0.2) is 12.4 Å². The predicted molar refractivity (Wildman–Crippen MR) is 71.3 cm³/mol. The average Bonchev–Trinajstić information content (AvgIpc) is 2.74. The van der Waals surface area contributed by atoms with Gasteiger partial charge in [0.25, 0.3) is 0 Å². The quantitative estimate of drug-likeness (QED) is 0.743. The Morgan fingerprint density at radius 2 is 2.33 bits per heavy atom. The Kier molecular flexibility index (Phi) is 5.49. The van der Waals surface area contributed by atoms with E-state index in [4.69, 9.17) is 5.73 Å². The molecule has 1 amide bonds. The van der Waals surface area contributed by atoms with Crippen LogP contribution in [0, 0.1) is 0 Å². The predicted octanol–water partition coefficient (Wildman–Crippen LogP) is -0.307. The minimum absolute atomic E-state index is 0.0694. The number of nitrogens with two attached hydrogens (primary N) is 1. The summed E-state index contributed by atoms with van der Waals surface area (Å²) >= 11 is 0. The molecule has 0 aliphatic carbocycles. The van der Waals surface area contributed by atoms with Crippen molar-refractivity contribution in [3.63, 3.8) is 0 Å². The first-order valence-corrected chi connectivity index (χ1v) is 7.38. The molecule has 1 aromatic rings. The van der Waals surface area contributed by atoms with Crippen molar-refractivity contribution in [2.75, 3.05) is 12.8 Å². The van der Waals surface area contributed by atoms with Gasteiger partial charge in [-0.1, -0.05) is 6.92 Å². The maximum absolute atomic E-state index is 11.8. The van der Waals surface area contributed by atoms with E-state index in [1.54, 1.807) is 30.4 Å². The van der Waals surface area contributed by atoms with Crippen LogP contribution in [0.5, 0.6) is 0 Å². The SMILES string of the molecule is CC(CCNC(=O)C(N)c1cnn(C)c1)S(C)=O. The Bertz CT molecular complexity index is 432. The second-order valence-corrected chi connectivity index (χ2v) is 6.12. The van der Waals surface area contributed by atoms with E-state index in [0.717, 1.165) is 0 Å². The van der Waals surface area contributed by atoms with Crippen LogP contribution in [0.4, 0.5) is 0 Å². The summed E-state index contributed by atoms with van der Waals surface area (Å²) in [7, 11) is 0.906. The first-order valence-electron chi connectivity index (χ1n) is 5.76. The molecule has 7 heteroatoms. The molecule has 0 saturated heterocycles. The lowest BCUT2D eigenvalue weighted by Gasteiger charge is -2.12. The molecule has 3 N–H and O–H groups in total. The molecule has 0 bridgehead atoms. The normalized spacial score (nSPS) is 16.0. The van der Waals surface area contributed by atoms with Crippen molar-refractivity contribution in [3.05, 3.63) is 18.0 Å². The maximum Gasteiger partial charge on any atom is 0.241 e. The lowest BCUT2D eigenvalue weighted by atomic mass is 10.1. The molecule has 18 heavy (non-hydrogen) atoms. The first-order chi connectivity index (χ1) is 8.41. The molecule has 0 spiro atoms. The van der Waals surface area contributed by atoms with Crippen LogP contribution in [0.3, 0.4) is 0 Å². The van der Waals surface area contributed by atoms with Gasteiger partial charge in [0.1, 0.15) is 6.04 Å². The second kappa shape index (κ2) is 6.65. The first kappa shape index (κ1) is 14.8. The molecule has 0 radical (unpaired) electrons. The van der Waals surface area contributed by atoms with E-state index in [2.05, 4.69) is 10.4 Å². The van der Waals surface area contributed by atoms with Crippen molar-refractivity contribution in [2.45, 2.75) is 24.6 Å². The van der Waals surface area contributed by atoms with Crippen molar-refractivity contribution in [3.8, 4) is 0 Å². The molecule has 0 aromatic carbocycles. The summed E-state index contributed by atoms with van der Waals surface area (Å²) in [5.74, 6) is -0.239. The summed E-state index contributed by atoms with van der Waals surface area (Å²) in [5, 5.41) is 6.78. The molecule has 0 aliphatic heterocycles. The number of nitrogens with one attached hydrogen (secondary N) is 1. The average molecular weight is 272 g/mol. The zero-order valence-electron chi connectivity index (χ0n) is 10.9. The van der Waals surface area contributed by atoms with Gasteiger partial charge >= 0.3 is 0 Å². The van der Waals surface area contributed by atoms with Crippen LogP contribution in [0.2, 0.25) is 0 Å². The van der Waals surface area contributed by atoms with Gasteiger partial charge in [-0.15, -0.1) is 0 Å². The van der Waals surface area contributed by atoms with Crippen molar-refractivity contribution < 1.29 is 9.00 Å². The molecular formula is C11H20N4O2S. The van der Waals surface area contributed by atoms with Gasteiger partial charge < -0.3 is 11.1 Å². The third-order valence-corrected chi connectivity index (χ3v) is 4.15. The molecule has 3 unspecified atom stereocenters. The fourth-order valence-electron chi connectivity index (χ4n) is 1.43. The monoisotopic (exact) mass is 272 g/mol. The maximum atomic E-state index is 11.8. The van der Waals surface area contributed by atoms with E-state index >= 15 is 0 Å². The Morgan fingerprint density at radius 1 is 1.67 bits per heavy atom. The number of aromatic nitrogens is 2. The van der Waals surface area contributed by atoms with Crippen LogP contribution in [-0.2, 0) is 22.6 Å². The summed E-state index contributed by atoms with van der Waals surface area (Å²) in [6.45, 7) is 2.37. The van der Waals surface area contributed by atoms with Crippen LogP contribution >= 0.6 is 0 Å². The largest absolute Gasteiger partial charge is 0.354 e.